The highest BCUT2D eigenvalue weighted by atomic mass is 16.5. The second-order valence-electron chi connectivity index (χ2n) is 4.80. The van der Waals surface area contributed by atoms with Crippen molar-refractivity contribution in [3.8, 4) is 11.8 Å². The summed E-state index contributed by atoms with van der Waals surface area (Å²) >= 11 is 0. The average molecular weight is 281 g/mol. The van der Waals surface area contributed by atoms with Crippen LogP contribution in [0.25, 0.3) is 0 Å². The maximum Gasteiger partial charge on any atom is 0.123 e. The molecule has 0 saturated heterocycles. The number of hydrogen-bond donors (Lipinski definition) is 1. The van der Waals surface area contributed by atoms with Gasteiger partial charge >= 0.3 is 0 Å². The van der Waals surface area contributed by atoms with Crippen LogP contribution in [-0.2, 0) is 0 Å². The lowest BCUT2D eigenvalue weighted by Gasteiger charge is -2.22. The summed E-state index contributed by atoms with van der Waals surface area (Å²) in [4.78, 5) is 1.94. The average Bonchev–Trinajstić information content (AvgIpc) is 2.51. The van der Waals surface area contributed by atoms with Gasteiger partial charge in [0.2, 0.25) is 0 Å². The van der Waals surface area contributed by atoms with E-state index in [2.05, 4.69) is 13.0 Å². The van der Waals surface area contributed by atoms with Crippen molar-refractivity contribution in [1.82, 2.24) is 0 Å². The molecule has 2 rings (SSSR count). The molecule has 0 unspecified atom stereocenters. The first kappa shape index (κ1) is 14.7. The minimum atomic E-state index is 0.624. The number of benzene rings is 2. The van der Waals surface area contributed by atoms with Crippen LogP contribution in [0.3, 0.4) is 0 Å². The lowest BCUT2D eigenvalue weighted by molar-refractivity contribution is 0.317. The van der Waals surface area contributed by atoms with Crippen LogP contribution in [0.15, 0.2) is 42.5 Å². The van der Waals surface area contributed by atoms with Gasteiger partial charge in [0.15, 0.2) is 0 Å². The maximum atomic E-state index is 9.21. The molecule has 0 heterocycles. The number of nitriles is 1. The van der Waals surface area contributed by atoms with E-state index in [9.17, 15) is 5.26 Å². The van der Waals surface area contributed by atoms with Crippen molar-refractivity contribution in [2.45, 2.75) is 13.3 Å². The SMILES string of the molecule is CCCOc1cc(N)cc(N(C)c2ccccc2C#N)c1. The van der Waals surface area contributed by atoms with E-state index in [0.29, 0.717) is 17.9 Å². The molecule has 0 aliphatic heterocycles. The molecule has 0 amide bonds. The van der Waals surface area contributed by atoms with Gasteiger partial charge in [-0.2, -0.15) is 5.26 Å². The van der Waals surface area contributed by atoms with Crippen LogP contribution in [0.5, 0.6) is 5.75 Å². The molecule has 2 aromatic carbocycles. The second-order valence-corrected chi connectivity index (χ2v) is 4.80. The number of nitrogens with two attached hydrogens (primary N) is 1. The fourth-order valence-electron chi connectivity index (χ4n) is 2.10. The summed E-state index contributed by atoms with van der Waals surface area (Å²) in [6, 6.07) is 15.3. The third kappa shape index (κ3) is 3.46. The number of nitrogen functional groups attached to an aromatic ring is 1. The molecule has 108 valence electrons. The van der Waals surface area contributed by atoms with E-state index in [0.717, 1.165) is 23.5 Å². The number of rotatable bonds is 5. The summed E-state index contributed by atoms with van der Waals surface area (Å²) in [7, 11) is 1.91. The van der Waals surface area contributed by atoms with Crippen LogP contribution in [0, 0.1) is 11.3 Å². The second kappa shape index (κ2) is 6.67. The number of anilines is 3. The van der Waals surface area contributed by atoms with Gasteiger partial charge in [-0.15, -0.1) is 0 Å². The smallest absolute Gasteiger partial charge is 0.123 e. The van der Waals surface area contributed by atoms with Crippen molar-refractivity contribution in [3.63, 3.8) is 0 Å². The molecule has 0 saturated carbocycles. The van der Waals surface area contributed by atoms with Crippen molar-refractivity contribution in [3.05, 3.63) is 48.0 Å². The Morgan fingerprint density at radius 2 is 2.00 bits per heavy atom. The predicted octanol–water partition coefficient (Wildman–Crippen LogP) is 3.70. The largest absolute Gasteiger partial charge is 0.493 e. The lowest BCUT2D eigenvalue weighted by atomic mass is 10.1. The normalized spacial score (nSPS) is 9.95. The topological polar surface area (TPSA) is 62.3 Å². The highest BCUT2D eigenvalue weighted by Gasteiger charge is 2.10. The molecule has 0 bridgehead atoms. The lowest BCUT2D eigenvalue weighted by Crippen LogP contribution is -2.11. The van der Waals surface area contributed by atoms with Gasteiger partial charge in [-0.3, -0.25) is 0 Å². The summed E-state index contributed by atoms with van der Waals surface area (Å²) in [5, 5.41) is 9.21. The zero-order chi connectivity index (χ0) is 15.2. The first-order chi connectivity index (χ1) is 10.2. The molecular formula is C17H19N3O. The van der Waals surface area contributed by atoms with Crippen molar-refractivity contribution < 1.29 is 4.74 Å². The molecule has 4 nitrogen and oxygen atoms in total. The summed E-state index contributed by atoms with van der Waals surface area (Å²) in [5.74, 6) is 0.744. The molecule has 0 atom stereocenters. The molecule has 4 heteroatoms. The molecule has 0 spiro atoms. The summed E-state index contributed by atoms with van der Waals surface area (Å²) in [6.07, 6.45) is 0.942. The van der Waals surface area contributed by atoms with E-state index < -0.39 is 0 Å². The summed E-state index contributed by atoms with van der Waals surface area (Å²) < 4.78 is 5.65. The van der Waals surface area contributed by atoms with Gasteiger partial charge < -0.3 is 15.4 Å². The monoisotopic (exact) mass is 281 g/mol. The van der Waals surface area contributed by atoms with Gasteiger partial charge in [0.1, 0.15) is 11.8 Å². The van der Waals surface area contributed by atoms with Crippen LogP contribution < -0.4 is 15.4 Å². The van der Waals surface area contributed by atoms with Crippen LogP contribution in [0.2, 0.25) is 0 Å². The van der Waals surface area contributed by atoms with Gasteiger partial charge in [0.05, 0.1) is 17.9 Å². The van der Waals surface area contributed by atoms with Crippen LogP contribution in [0.1, 0.15) is 18.9 Å². The van der Waals surface area contributed by atoms with Gasteiger partial charge in [-0.25, -0.2) is 0 Å². The molecular weight excluding hydrogens is 262 g/mol. The maximum absolute atomic E-state index is 9.21. The molecule has 0 fully saturated rings. The van der Waals surface area contributed by atoms with E-state index in [1.54, 1.807) is 6.07 Å². The predicted molar refractivity (Wildman–Crippen MR) is 85.9 cm³/mol. The quantitative estimate of drug-likeness (QED) is 0.849. The van der Waals surface area contributed by atoms with Crippen molar-refractivity contribution in [1.29, 1.82) is 5.26 Å². The van der Waals surface area contributed by atoms with Crippen LogP contribution in [0.4, 0.5) is 17.1 Å². The minimum Gasteiger partial charge on any atom is -0.493 e. The third-order valence-corrected chi connectivity index (χ3v) is 3.16. The molecule has 0 aliphatic carbocycles. The Kier molecular flexibility index (Phi) is 4.68. The number of ether oxygens (including phenoxy) is 1. The Bertz CT molecular complexity index is 661. The molecule has 2 N–H and O–H groups in total. The van der Waals surface area contributed by atoms with Crippen molar-refractivity contribution in [2.24, 2.45) is 0 Å². The standard InChI is InChI=1S/C17H19N3O/c1-3-8-21-16-10-14(19)9-15(11-16)20(2)17-7-5-4-6-13(17)12-18/h4-7,9-11H,3,8,19H2,1-2H3. The van der Waals surface area contributed by atoms with Crippen LogP contribution in [-0.4, -0.2) is 13.7 Å². The Labute approximate surface area is 125 Å². The Morgan fingerprint density at radius 1 is 1.24 bits per heavy atom. The summed E-state index contributed by atoms with van der Waals surface area (Å²) in [5.41, 5.74) is 8.94. The molecule has 2 aromatic rings. The van der Waals surface area contributed by atoms with Gasteiger partial charge in [0, 0.05) is 30.6 Å². The van der Waals surface area contributed by atoms with E-state index in [1.807, 2.05) is 48.3 Å². The van der Waals surface area contributed by atoms with Crippen molar-refractivity contribution >= 4 is 17.1 Å². The van der Waals surface area contributed by atoms with Crippen LogP contribution >= 0.6 is 0 Å². The van der Waals surface area contributed by atoms with Crippen molar-refractivity contribution in [2.75, 3.05) is 24.3 Å². The zero-order valence-electron chi connectivity index (χ0n) is 12.3. The Morgan fingerprint density at radius 3 is 2.71 bits per heavy atom. The highest BCUT2D eigenvalue weighted by molar-refractivity contribution is 5.72. The molecule has 0 aromatic heterocycles. The van der Waals surface area contributed by atoms with E-state index in [1.165, 1.54) is 0 Å². The number of nitrogens with zero attached hydrogens (tertiary/aromatic N) is 2. The van der Waals surface area contributed by atoms with E-state index >= 15 is 0 Å². The Balaban J connectivity index is 2.36. The summed E-state index contributed by atoms with van der Waals surface area (Å²) in [6.45, 7) is 2.71. The fourth-order valence-corrected chi connectivity index (χ4v) is 2.10. The molecule has 21 heavy (non-hydrogen) atoms. The van der Waals surface area contributed by atoms with Gasteiger partial charge in [-0.05, 0) is 24.6 Å². The Hall–Kier alpha value is -2.67. The highest BCUT2D eigenvalue weighted by Crippen LogP contribution is 2.31. The number of para-hydroxylation sites is 1. The zero-order valence-corrected chi connectivity index (χ0v) is 12.3. The third-order valence-electron chi connectivity index (χ3n) is 3.16. The first-order valence-corrected chi connectivity index (χ1v) is 6.92. The first-order valence-electron chi connectivity index (χ1n) is 6.92. The van der Waals surface area contributed by atoms with E-state index in [-0.39, 0.29) is 0 Å². The molecule has 0 radical (unpaired) electrons. The fraction of sp³-hybridized carbons (Fsp3) is 0.235. The van der Waals surface area contributed by atoms with Gasteiger partial charge in [0.25, 0.3) is 0 Å². The van der Waals surface area contributed by atoms with Gasteiger partial charge in [-0.1, -0.05) is 19.1 Å². The number of hydrogen-bond acceptors (Lipinski definition) is 4. The molecule has 0 aliphatic rings. The van der Waals surface area contributed by atoms with E-state index in [4.69, 9.17) is 10.5 Å². The minimum absolute atomic E-state index is 0.624.